The molecule has 0 bridgehead atoms. The summed E-state index contributed by atoms with van der Waals surface area (Å²) in [5.41, 5.74) is 3.24. The molecule has 110 valence electrons. The predicted molar refractivity (Wildman–Crippen MR) is 84.4 cm³/mol. The van der Waals surface area contributed by atoms with Crippen LogP contribution in [-0.4, -0.2) is 29.4 Å². The zero-order valence-electron chi connectivity index (χ0n) is 11.9. The first kappa shape index (κ1) is 14.4. The monoisotopic (exact) mass is 312 g/mol. The number of anilines is 2. The molecule has 1 aromatic heterocycles. The number of hydrogen-bond acceptors (Lipinski definition) is 4. The lowest BCUT2D eigenvalue weighted by molar-refractivity contribution is 0.0782. The van der Waals surface area contributed by atoms with Gasteiger partial charge < -0.3 is 10.2 Å². The number of carbonyl (C=O) groups is 1. The first-order chi connectivity index (χ1) is 10.6. The number of nitriles is 1. The standard InChI is InChI=1S/C16H13ClN4O/c1-21-6-5-10-3-2-4-12(15(10)16(21)22)20-13-7-14(17)19-9-11(13)8-18/h2-4,7,9H,5-6H2,1H3,(H,19,20). The second kappa shape index (κ2) is 5.66. The van der Waals surface area contributed by atoms with E-state index in [9.17, 15) is 10.1 Å². The highest BCUT2D eigenvalue weighted by Gasteiger charge is 2.24. The van der Waals surface area contributed by atoms with Crippen LogP contribution in [0.1, 0.15) is 21.5 Å². The number of hydrogen-bond donors (Lipinski definition) is 1. The largest absolute Gasteiger partial charge is 0.354 e. The van der Waals surface area contributed by atoms with E-state index >= 15 is 0 Å². The lowest BCUT2D eigenvalue weighted by Gasteiger charge is -2.27. The number of nitrogens with zero attached hydrogens (tertiary/aromatic N) is 3. The molecular weight excluding hydrogens is 300 g/mol. The van der Waals surface area contributed by atoms with Crippen molar-refractivity contribution >= 4 is 28.9 Å². The number of likely N-dealkylation sites (N-methyl/N-ethyl adjacent to an activating group) is 1. The van der Waals surface area contributed by atoms with Crippen LogP contribution in [0.2, 0.25) is 5.15 Å². The van der Waals surface area contributed by atoms with Crippen molar-refractivity contribution in [2.75, 3.05) is 18.9 Å². The lowest BCUT2D eigenvalue weighted by atomic mass is 9.97. The summed E-state index contributed by atoms with van der Waals surface area (Å²) in [4.78, 5) is 18.0. The Bertz CT molecular complexity index is 797. The Morgan fingerprint density at radius 2 is 2.23 bits per heavy atom. The molecule has 5 nitrogen and oxygen atoms in total. The van der Waals surface area contributed by atoms with E-state index in [0.29, 0.717) is 29.0 Å². The number of carbonyl (C=O) groups excluding carboxylic acids is 1. The maximum Gasteiger partial charge on any atom is 0.255 e. The SMILES string of the molecule is CN1CCc2cccc(Nc3cc(Cl)ncc3C#N)c2C1=O. The molecule has 6 heteroatoms. The van der Waals surface area contributed by atoms with Crippen LogP contribution in [0.3, 0.4) is 0 Å². The number of pyridine rings is 1. The maximum atomic E-state index is 12.4. The number of halogens is 1. The summed E-state index contributed by atoms with van der Waals surface area (Å²) in [6.45, 7) is 0.708. The molecule has 0 aliphatic carbocycles. The molecule has 0 atom stereocenters. The van der Waals surface area contributed by atoms with Crippen LogP contribution in [0, 0.1) is 11.3 Å². The van der Waals surface area contributed by atoms with E-state index in [4.69, 9.17) is 11.6 Å². The first-order valence-electron chi connectivity index (χ1n) is 6.80. The molecule has 0 spiro atoms. The van der Waals surface area contributed by atoms with Crippen LogP contribution in [-0.2, 0) is 6.42 Å². The van der Waals surface area contributed by atoms with Gasteiger partial charge in [0.05, 0.1) is 22.5 Å². The molecule has 22 heavy (non-hydrogen) atoms. The van der Waals surface area contributed by atoms with Crippen molar-refractivity contribution in [3.05, 3.63) is 52.3 Å². The average Bonchev–Trinajstić information content (AvgIpc) is 2.51. The van der Waals surface area contributed by atoms with Crippen molar-refractivity contribution in [3.63, 3.8) is 0 Å². The molecule has 0 fully saturated rings. The van der Waals surface area contributed by atoms with Crippen molar-refractivity contribution in [2.24, 2.45) is 0 Å². The first-order valence-corrected chi connectivity index (χ1v) is 7.18. The summed E-state index contributed by atoms with van der Waals surface area (Å²) >= 11 is 5.90. The average molecular weight is 313 g/mol. The number of nitrogens with one attached hydrogen (secondary N) is 1. The van der Waals surface area contributed by atoms with Gasteiger partial charge in [0.2, 0.25) is 0 Å². The topological polar surface area (TPSA) is 69.0 Å². The maximum absolute atomic E-state index is 12.4. The Kier molecular flexibility index (Phi) is 3.70. The van der Waals surface area contributed by atoms with Gasteiger partial charge in [-0.3, -0.25) is 4.79 Å². The summed E-state index contributed by atoms with van der Waals surface area (Å²) in [5.74, 6) is -0.0250. The minimum atomic E-state index is -0.0250. The fourth-order valence-electron chi connectivity index (χ4n) is 2.51. The Balaban J connectivity index is 2.07. The quantitative estimate of drug-likeness (QED) is 0.866. The number of amides is 1. The third-order valence-corrected chi connectivity index (χ3v) is 3.89. The normalized spacial score (nSPS) is 13.5. The van der Waals surface area contributed by atoms with Gasteiger partial charge in [-0.25, -0.2) is 4.98 Å². The molecular formula is C16H13ClN4O. The van der Waals surface area contributed by atoms with Crippen LogP contribution < -0.4 is 5.32 Å². The van der Waals surface area contributed by atoms with E-state index in [2.05, 4.69) is 16.4 Å². The second-order valence-corrected chi connectivity index (χ2v) is 5.49. The predicted octanol–water partition coefficient (Wildman–Crippen LogP) is 2.98. The summed E-state index contributed by atoms with van der Waals surface area (Å²) in [6, 6.07) is 9.32. The van der Waals surface area contributed by atoms with Gasteiger partial charge in [0.1, 0.15) is 11.2 Å². The number of rotatable bonds is 2. The van der Waals surface area contributed by atoms with Crippen molar-refractivity contribution in [1.29, 1.82) is 5.26 Å². The van der Waals surface area contributed by atoms with Gasteiger partial charge in [-0.1, -0.05) is 23.7 Å². The third-order valence-electron chi connectivity index (χ3n) is 3.69. The highest BCUT2D eigenvalue weighted by atomic mass is 35.5. The lowest BCUT2D eigenvalue weighted by Crippen LogP contribution is -2.34. The van der Waals surface area contributed by atoms with E-state index in [-0.39, 0.29) is 11.1 Å². The molecule has 1 aromatic carbocycles. The van der Waals surface area contributed by atoms with Crippen molar-refractivity contribution in [3.8, 4) is 6.07 Å². The van der Waals surface area contributed by atoms with Gasteiger partial charge in [0.25, 0.3) is 5.91 Å². The molecule has 0 saturated carbocycles. The van der Waals surface area contributed by atoms with Gasteiger partial charge in [0.15, 0.2) is 0 Å². The summed E-state index contributed by atoms with van der Waals surface area (Å²) < 4.78 is 0. The van der Waals surface area contributed by atoms with Crippen molar-refractivity contribution in [1.82, 2.24) is 9.88 Å². The van der Waals surface area contributed by atoms with Crippen molar-refractivity contribution < 1.29 is 4.79 Å². The molecule has 2 heterocycles. The van der Waals surface area contributed by atoms with Gasteiger partial charge >= 0.3 is 0 Å². The van der Waals surface area contributed by atoms with Gasteiger partial charge in [-0.15, -0.1) is 0 Å². The number of aromatic nitrogens is 1. The van der Waals surface area contributed by atoms with Crippen molar-refractivity contribution in [2.45, 2.75) is 6.42 Å². The van der Waals surface area contributed by atoms with Crippen LogP contribution in [0.4, 0.5) is 11.4 Å². The fourth-order valence-corrected chi connectivity index (χ4v) is 2.67. The summed E-state index contributed by atoms with van der Waals surface area (Å²) in [7, 11) is 1.78. The zero-order chi connectivity index (χ0) is 15.7. The molecule has 3 rings (SSSR count). The van der Waals surface area contributed by atoms with Gasteiger partial charge in [-0.05, 0) is 18.1 Å². The Morgan fingerprint density at radius 3 is 3.00 bits per heavy atom. The molecule has 0 radical (unpaired) electrons. The van der Waals surface area contributed by atoms with E-state index in [0.717, 1.165) is 12.0 Å². The van der Waals surface area contributed by atoms with Crippen LogP contribution in [0.5, 0.6) is 0 Å². The van der Waals surface area contributed by atoms with Crippen LogP contribution in [0.15, 0.2) is 30.5 Å². The Hall–Kier alpha value is -2.58. The van der Waals surface area contributed by atoms with Crippen LogP contribution in [0.25, 0.3) is 0 Å². The van der Waals surface area contributed by atoms with E-state index in [1.165, 1.54) is 6.20 Å². The smallest absolute Gasteiger partial charge is 0.255 e. The highest BCUT2D eigenvalue weighted by Crippen LogP contribution is 2.30. The molecule has 0 saturated heterocycles. The second-order valence-electron chi connectivity index (χ2n) is 5.11. The minimum absolute atomic E-state index is 0.0250. The molecule has 1 aliphatic heterocycles. The van der Waals surface area contributed by atoms with E-state index in [1.54, 1.807) is 18.0 Å². The van der Waals surface area contributed by atoms with Crippen LogP contribution >= 0.6 is 11.6 Å². The molecule has 1 amide bonds. The molecule has 0 unspecified atom stereocenters. The Labute approximate surface area is 133 Å². The minimum Gasteiger partial charge on any atom is -0.354 e. The summed E-state index contributed by atoms with van der Waals surface area (Å²) in [5, 5.41) is 12.6. The number of fused-ring (bicyclic) bond motifs is 1. The van der Waals surface area contributed by atoms with Gasteiger partial charge in [-0.2, -0.15) is 5.26 Å². The van der Waals surface area contributed by atoms with Gasteiger partial charge in [0, 0.05) is 25.9 Å². The summed E-state index contributed by atoms with van der Waals surface area (Å²) in [6.07, 6.45) is 2.23. The highest BCUT2D eigenvalue weighted by molar-refractivity contribution is 6.29. The van der Waals surface area contributed by atoms with E-state index < -0.39 is 0 Å². The Morgan fingerprint density at radius 1 is 1.41 bits per heavy atom. The number of benzene rings is 1. The molecule has 1 aliphatic rings. The molecule has 1 N–H and O–H groups in total. The zero-order valence-corrected chi connectivity index (χ0v) is 12.7. The molecule has 2 aromatic rings. The third kappa shape index (κ3) is 2.49. The van der Waals surface area contributed by atoms with E-state index in [1.807, 2.05) is 18.2 Å². The fraction of sp³-hybridized carbons (Fsp3) is 0.188.